The Hall–Kier alpha value is -1.95. The molecule has 0 spiro atoms. The number of nitro benzene ring substituents is 1. The quantitative estimate of drug-likeness (QED) is 0.470. The lowest BCUT2D eigenvalue weighted by atomic mass is 10.1. The van der Waals surface area contributed by atoms with Crippen LogP contribution >= 0.6 is 0 Å². The van der Waals surface area contributed by atoms with E-state index in [0.29, 0.717) is 17.8 Å². The number of benzene rings is 1. The maximum Gasteiger partial charge on any atom is 0.293 e. The molecule has 0 amide bonds. The van der Waals surface area contributed by atoms with Gasteiger partial charge in [0.25, 0.3) is 5.69 Å². The molecular formula is C14H18N2O4. The third-order valence-corrected chi connectivity index (χ3v) is 3.49. The summed E-state index contributed by atoms with van der Waals surface area (Å²) in [4.78, 5) is 23.9. The van der Waals surface area contributed by atoms with E-state index in [1.807, 2.05) is 4.90 Å². The molecule has 0 N–H and O–H groups in total. The van der Waals surface area contributed by atoms with Crippen molar-refractivity contribution in [2.75, 3.05) is 25.1 Å². The number of likely N-dealkylation sites (N-methyl/N-ethyl adjacent to an activating group) is 1. The van der Waals surface area contributed by atoms with Gasteiger partial charge in [-0.3, -0.25) is 14.9 Å². The number of nitro groups is 1. The first kappa shape index (κ1) is 14.5. The molecule has 1 atom stereocenters. The third kappa shape index (κ3) is 3.14. The van der Waals surface area contributed by atoms with Gasteiger partial charge in [-0.1, -0.05) is 0 Å². The van der Waals surface area contributed by atoms with Gasteiger partial charge >= 0.3 is 0 Å². The highest BCUT2D eigenvalue weighted by molar-refractivity contribution is 5.95. The van der Waals surface area contributed by atoms with Crippen molar-refractivity contribution >= 4 is 17.2 Å². The van der Waals surface area contributed by atoms with E-state index in [-0.39, 0.29) is 17.6 Å². The van der Waals surface area contributed by atoms with Crippen molar-refractivity contribution in [1.29, 1.82) is 0 Å². The Morgan fingerprint density at radius 2 is 2.30 bits per heavy atom. The Morgan fingerprint density at radius 3 is 2.85 bits per heavy atom. The minimum absolute atomic E-state index is 0.0433. The van der Waals surface area contributed by atoms with Gasteiger partial charge in [0.15, 0.2) is 5.78 Å². The van der Waals surface area contributed by atoms with Crippen LogP contribution < -0.4 is 4.90 Å². The summed E-state index contributed by atoms with van der Waals surface area (Å²) in [5.41, 5.74) is 0.819. The molecule has 1 unspecified atom stereocenters. The van der Waals surface area contributed by atoms with Crippen LogP contribution in [0.4, 0.5) is 11.4 Å². The molecule has 2 rings (SSSR count). The molecule has 1 aromatic rings. The van der Waals surface area contributed by atoms with Gasteiger partial charge in [-0.25, -0.2) is 0 Å². The Labute approximate surface area is 117 Å². The maximum atomic E-state index is 11.3. The minimum atomic E-state index is -0.451. The predicted molar refractivity (Wildman–Crippen MR) is 75.3 cm³/mol. The lowest BCUT2D eigenvalue weighted by molar-refractivity contribution is -0.384. The zero-order valence-corrected chi connectivity index (χ0v) is 11.7. The summed E-state index contributed by atoms with van der Waals surface area (Å²) in [6, 6.07) is 4.59. The normalized spacial score (nSPS) is 18.0. The molecule has 0 aliphatic carbocycles. The number of ketones is 1. The Balaban J connectivity index is 2.24. The monoisotopic (exact) mass is 278 g/mol. The fraction of sp³-hybridized carbons (Fsp3) is 0.500. The molecule has 1 fully saturated rings. The van der Waals surface area contributed by atoms with Crippen LogP contribution in [-0.4, -0.2) is 37.0 Å². The first-order valence-electron chi connectivity index (χ1n) is 6.61. The van der Waals surface area contributed by atoms with Crippen LogP contribution in [0.2, 0.25) is 0 Å². The summed E-state index contributed by atoms with van der Waals surface area (Å²) < 4.78 is 5.54. The van der Waals surface area contributed by atoms with Crippen molar-refractivity contribution in [2.45, 2.75) is 25.9 Å². The van der Waals surface area contributed by atoms with Crippen molar-refractivity contribution < 1.29 is 14.5 Å². The topological polar surface area (TPSA) is 72.7 Å². The molecule has 108 valence electrons. The van der Waals surface area contributed by atoms with Gasteiger partial charge < -0.3 is 9.64 Å². The van der Waals surface area contributed by atoms with Crippen LogP contribution in [0.15, 0.2) is 18.2 Å². The lowest BCUT2D eigenvalue weighted by Crippen LogP contribution is -2.29. The van der Waals surface area contributed by atoms with E-state index < -0.39 is 4.92 Å². The van der Waals surface area contributed by atoms with Crippen molar-refractivity contribution in [3.8, 4) is 0 Å². The highest BCUT2D eigenvalue weighted by atomic mass is 16.6. The molecule has 6 nitrogen and oxygen atoms in total. The number of anilines is 1. The van der Waals surface area contributed by atoms with Gasteiger partial charge in [0.2, 0.25) is 0 Å². The Morgan fingerprint density at radius 1 is 1.55 bits per heavy atom. The Kier molecular flexibility index (Phi) is 4.34. The summed E-state index contributed by atoms with van der Waals surface area (Å²) in [6.45, 7) is 2.76. The smallest absolute Gasteiger partial charge is 0.293 e. The summed E-state index contributed by atoms with van der Waals surface area (Å²) in [5.74, 6) is -0.179. The second-order valence-electron chi connectivity index (χ2n) is 5.03. The molecule has 0 radical (unpaired) electrons. The fourth-order valence-corrected chi connectivity index (χ4v) is 2.40. The molecule has 20 heavy (non-hydrogen) atoms. The standard InChI is InChI=1S/C14H18N2O4/c1-10(17)11-5-6-13(14(8-11)16(18)19)15(2)9-12-4-3-7-20-12/h5-6,8,12H,3-4,7,9H2,1-2H3. The third-order valence-electron chi connectivity index (χ3n) is 3.49. The van der Waals surface area contributed by atoms with Crippen molar-refractivity contribution in [2.24, 2.45) is 0 Å². The number of hydrogen-bond acceptors (Lipinski definition) is 5. The molecular weight excluding hydrogens is 260 g/mol. The largest absolute Gasteiger partial charge is 0.376 e. The van der Waals surface area contributed by atoms with Crippen LogP contribution in [0.1, 0.15) is 30.1 Å². The van der Waals surface area contributed by atoms with Crippen LogP contribution in [0.5, 0.6) is 0 Å². The van der Waals surface area contributed by atoms with Gasteiger partial charge in [0.1, 0.15) is 5.69 Å². The number of carbonyl (C=O) groups is 1. The highest BCUT2D eigenvalue weighted by Gasteiger charge is 2.23. The van der Waals surface area contributed by atoms with Gasteiger partial charge in [-0.15, -0.1) is 0 Å². The molecule has 0 bridgehead atoms. The Bertz CT molecular complexity index is 524. The molecule has 1 saturated heterocycles. The van der Waals surface area contributed by atoms with Crippen LogP contribution in [-0.2, 0) is 4.74 Å². The summed E-state index contributed by atoms with van der Waals surface area (Å²) >= 11 is 0. The molecule has 0 saturated carbocycles. The van der Waals surface area contributed by atoms with E-state index in [1.54, 1.807) is 19.2 Å². The molecule has 1 aliphatic heterocycles. The average molecular weight is 278 g/mol. The van der Waals surface area contributed by atoms with Crippen molar-refractivity contribution in [3.63, 3.8) is 0 Å². The lowest BCUT2D eigenvalue weighted by Gasteiger charge is -2.22. The molecule has 1 heterocycles. The van der Waals surface area contributed by atoms with E-state index in [9.17, 15) is 14.9 Å². The number of nitrogens with zero attached hydrogens (tertiary/aromatic N) is 2. The molecule has 6 heteroatoms. The SMILES string of the molecule is CC(=O)c1ccc(N(C)CC2CCCO2)c([N+](=O)[O-])c1. The van der Waals surface area contributed by atoms with Crippen LogP contribution in [0.25, 0.3) is 0 Å². The second-order valence-corrected chi connectivity index (χ2v) is 5.03. The number of carbonyl (C=O) groups excluding carboxylic acids is 1. The van der Waals surface area contributed by atoms with Gasteiger partial charge in [-0.05, 0) is 31.9 Å². The molecule has 1 aromatic carbocycles. The van der Waals surface area contributed by atoms with E-state index in [2.05, 4.69) is 0 Å². The second kappa shape index (κ2) is 6.00. The van der Waals surface area contributed by atoms with Crippen LogP contribution in [0.3, 0.4) is 0 Å². The first-order valence-corrected chi connectivity index (χ1v) is 6.61. The van der Waals surface area contributed by atoms with Crippen LogP contribution in [0, 0.1) is 10.1 Å². The van der Waals surface area contributed by atoms with E-state index in [4.69, 9.17) is 4.74 Å². The van der Waals surface area contributed by atoms with Gasteiger partial charge in [0.05, 0.1) is 11.0 Å². The summed E-state index contributed by atoms with van der Waals surface area (Å²) in [5, 5.41) is 11.2. The molecule has 0 aromatic heterocycles. The van der Waals surface area contributed by atoms with E-state index in [1.165, 1.54) is 13.0 Å². The minimum Gasteiger partial charge on any atom is -0.376 e. The zero-order valence-electron chi connectivity index (χ0n) is 11.7. The average Bonchev–Trinajstić information content (AvgIpc) is 2.90. The van der Waals surface area contributed by atoms with E-state index >= 15 is 0 Å². The maximum absolute atomic E-state index is 11.3. The number of rotatable bonds is 5. The summed E-state index contributed by atoms with van der Waals surface area (Å²) in [7, 11) is 1.80. The number of ether oxygens (including phenoxy) is 1. The van der Waals surface area contributed by atoms with E-state index in [0.717, 1.165) is 19.4 Å². The molecule has 1 aliphatic rings. The van der Waals surface area contributed by atoms with Crippen molar-refractivity contribution in [1.82, 2.24) is 0 Å². The first-order chi connectivity index (χ1) is 9.49. The predicted octanol–water partition coefficient (Wildman–Crippen LogP) is 2.41. The highest BCUT2D eigenvalue weighted by Crippen LogP contribution is 2.29. The van der Waals surface area contributed by atoms with Gasteiger partial charge in [-0.2, -0.15) is 0 Å². The summed E-state index contributed by atoms with van der Waals surface area (Å²) in [6.07, 6.45) is 2.13. The van der Waals surface area contributed by atoms with Crippen molar-refractivity contribution in [3.05, 3.63) is 33.9 Å². The zero-order chi connectivity index (χ0) is 14.7. The number of hydrogen-bond donors (Lipinski definition) is 0. The fourth-order valence-electron chi connectivity index (χ4n) is 2.40. The number of Topliss-reactive ketones (excluding diaryl/α,β-unsaturated/α-hetero) is 1. The van der Waals surface area contributed by atoms with Gasteiger partial charge in [0, 0.05) is 31.8 Å².